The van der Waals surface area contributed by atoms with Gasteiger partial charge in [-0.2, -0.15) is 0 Å². The van der Waals surface area contributed by atoms with Crippen molar-refractivity contribution in [3.05, 3.63) is 35.6 Å². The molecule has 0 radical (unpaired) electrons. The van der Waals surface area contributed by atoms with E-state index in [0.717, 1.165) is 0 Å². The molecule has 2 rings (SSSR count). The molecule has 1 amide bonds. The summed E-state index contributed by atoms with van der Waals surface area (Å²) in [6.07, 6.45) is 2.48. The van der Waals surface area contributed by atoms with E-state index in [2.05, 4.69) is 0 Å². The van der Waals surface area contributed by atoms with E-state index in [-0.39, 0.29) is 17.7 Å². The Morgan fingerprint density at radius 1 is 1.33 bits per heavy atom. The minimum atomic E-state index is -0.409. The molecule has 1 aliphatic rings. The first kappa shape index (κ1) is 12.7. The molecule has 0 spiro atoms. The van der Waals surface area contributed by atoms with Crippen LogP contribution in [0, 0.1) is 5.82 Å². The van der Waals surface area contributed by atoms with E-state index in [9.17, 15) is 14.0 Å². The molecule has 96 valence electrons. The first-order valence-electron chi connectivity index (χ1n) is 6.12. The van der Waals surface area contributed by atoms with Crippen molar-refractivity contribution in [3.8, 4) is 0 Å². The van der Waals surface area contributed by atoms with E-state index in [1.165, 1.54) is 18.2 Å². The van der Waals surface area contributed by atoms with Crippen molar-refractivity contribution in [2.75, 3.05) is 7.05 Å². The highest BCUT2D eigenvalue weighted by atomic mass is 19.1. The molecule has 3 nitrogen and oxygen atoms in total. The van der Waals surface area contributed by atoms with Crippen LogP contribution >= 0.6 is 0 Å². The van der Waals surface area contributed by atoms with E-state index in [1.54, 1.807) is 18.0 Å². The maximum absolute atomic E-state index is 13.1. The van der Waals surface area contributed by atoms with Crippen LogP contribution in [0.1, 0.15) is 36.0 Å². The fourth-order valence-corrected chi connectivity index (χ4v) is 2.30. The molecule has 0 bridgehead atoms. The van der Waals surface area contributed by atoms with Crippen molar-refractivity contribution in [2.45, 2.75) is 31.7 Å². The lowest BCUT2D eigenvalue weighted by Gasteiger charge is -2.30. The van der Waals surface area contributed by atoms with E-state index < -0.39 is 5.82 Å². The minimum Gasteiger partial charge on any atom is -0.339 e. The van der Waals surface area contributed by atoms with Gasteiger partial charge in [0.25, 0.3) is 5.91 Å². The molecular formula is C14H16FNO2. The van der Waals surface area contributed by atoms with Gasteiger partial charge in [-0.3, -0.25) is 9.59 Å². The number of amides is 1. The monoisotopic (exact) mass is 249 g/mol. The standard InChI is InChI=1S/C14H16FNO2/c1-16(12-5-7-13(17)8-6-12)14(18)10-3-2-4-11(15)9-10/h2-4,9,12H,5-8H2,1H3. The van der Waals surface area contributed by atoms with Gasteiger partial charge in [-0.25, -0.2) is 4.39 Å². The van der Waals surface area contributed by atoms with Crippen molar-refractivity contribution in [1.29, 1.82) is 0 Å². The van der Waals surface area contributed by atoms with Crippen molar-refractivity contribution >= 4 is 11.7 Å². The Balaban J connectivity index is 2.07. The Morgan fingerprint density at radius 2 is 2.00 bits per heavy atom. The highest BCUT2D eigenvalue weighted by Crippen LogP contribution is 2.21. The zero-order valence-corrected chi connectivity index (χ0v) is 10.4. The summed E-state index contributed by atoms with van der Waals surface area (Å²) in [5, 5.41) is 0. The maximum Gasteiger partial charge on any atom is 0.253 e. The third-order valence-electron chi connectivity index (χ3n) is 3.45. The van der Waals surface area contributed by atoms with E-state index >= 15 is 0 Å². The number of benzene rings is 1. The Labute approximate surface area is 106 Å². The smallest absolute Gasteiger partial charge is 0.253 e. The summed E-state index contributed by atoms with van der Waals surface area (Å²) < 4.78 is 13.1. The fourth-order valence-electron chi connectivity index (χ4n) is 2.30. The molecule has 1 aromatic carbocycles. The van der Waals surface area contributed by atoms with Crippen LogP contribution < -0.4 is 0 Å². The minimum absolute atomic E-state index is 0.0819. The first-order chi connectivity index (χ1) is 8.58. The van der Waals surface area contributed by atoms with Gasteiger partial charge in [0.2, 0.25) is 0 Å². The zero-order chi connectivity index (χ0) is 13.1. The second kappa shape index (κ2) is 5.29. The van der Waals surface area contributed by atoms with Crippen molar-refractivity contribution in [3.63, 3.8) is 0 Å². The van der Waals surface area contributed by atoms with Crippen LogP contribution in [0.25, 0.3) is 0 Å². The van der Waals surface area contributed by atoms with Gasteiger partial charge in [-0.05, 0) is 31.0 Å². The summed E-state index contributed by atoms with van der Waals surface area (Å²) in [6.45, 7) is 0. The second-order valence-electron chi connectivity index (χ2n) is 4.70. The molecular weight excluding hydrogens is 233 g/mol. The Kier molecular flexibility index (Phi) is 3.75. The number of carbonyl (C=O) groups is 2. The summed E-state index contributed by atoms with van der Waals surface area (Å²) in [5.41, 5.74) is 0.356. The highest BCUT2D eigenvalue weighted by molar-refractivity contribution is 5.94. The predicted octanol–water partition coefficient (Wildman–Crippen LogP) is 2.41. The summed E-state index contributed by atoms with van der Waals surface area (Å²) in [4.78, 5) is 24.9. The number of rotatable bonds is 2. The average Bonchev–Trinajstić information content (AvgIpc) is 2.38. The molecule has 0 aliphatic heterocycles. The Hall–Kier alpha value is -1.71. The van der Waals surface area contributed by atoms with Crippen molar-refractivity contribution in [2.24, 2.45) is 0 Å². The second-order valence-corrected chi connectivity index (χ2v) is 4.70. The number of halogens is 1. The van der Waals surface area contributed by atoms with Crippen LogP contribution in [-0.4, -0.2) is 29.7 Å². The zero-order valence-electron chi connectivity index (χ0n) is 10.4. The SMILES string of the molecule is CN(C(=O)c1cccc(F)c1)C1CCC(=O)CC1. The van der Waals surface area contributed by atoms with Crippen molar-refractivity contribution in [1.82, 2.24) is 4.90 Å². The number of ketones is 1. The maximum atomic E-state index is 13.1. The third-order valence-corrected chi connectivity index (χ3v) is 3.45. The molecule has 0 atom stereocenters. The lowest BCUT2D eigenvalue weighted by molar-refractivity contribution is -0.121. The van der Waals surface area contributed by atoms with Crippen molar-refractivity contribution < 1.29 is 14.0 Å². The first-order valence-corrected chi connectivity index (χ1v) is 6.12. The molecule has 0 unspecified atom stereocenters. The molecule has 0 saturated heterocycles. The molecule has 1 saturated carbocycles. The van der Waals surface area contributed by atoms with Crippen LogP contribution in [-0.2, 0) is 4.79 Å². The van der Waals surface area contributed by atoms with E-state index in [4.69, 9.17) is 0 Å². The average molecular weight is 249 g/mol. The molecule has 1 fully saturated rings. The van der Waals surface area contributed by atoms with Crippen LogP contribution in [0.5, 0.6) is 0 Å². The molecule has 1 aliphatic carbocycles. The number of hydrogen-bond donors (Lipinski definition) is 0. The summed E-state index contributed by atoms with van der Waals surface area (Å²) in [6, 6.07) is 5.78. The normalized spacial score (nSPS) is 16.7. The Morgan fingerprint density at radius 3 is 2.61 bits per heavy atom. The van der Waals surface area contributed by atoms with Gasteiger partial charge in [0, 0.05) is 31.5 Å². The lowest BCUT2D eigenvalue weighted by atomic mass is 9.93. The summed E-state index contributed by atoms with van der Waals surface area (Å²) in [5.74, 6) is -0.334. The quantitative estimate of drug-likeness (QED) is 0.807. The van der Waals surface area contributed by atoms with Crippen LogP contribution in [0.3, 0.4) is 0 Å². The molecule has 0 aromatic heterocycles. The van der Waals surface area contributed by atoms with Gasteiger partial charge >= 0.3 is 0 Å². The topological polar surface area (TPSA) is 37.4 Å². The van der Waals surface area contributed by atoms with E-state index in [0.29, 0.717) is 31.2 Å². The van der Waals surface area contributed by atoms with Gasteiger partial charge in [-0.15, -0.1) is 0 Å². The van der Waals surface area contributed by atoms with Crippen LogP contribution in [0.4, 0.5) is 4.39 Å². The number of Topliss-reactive ketones (excluding diaryl/α,β-unsaturated/α-hetero) is 1. The molecule has 0 heterocycles. The molecule has 1 aromatic rings. The van der Waals surface area contributed by atoms with E-state index in [1.807, 2.05) is 0 Å². The number of hydrogen-bond acceptors (Lipinski definition) is 2. The van der Waals surface area contributed by atoms with Gasteiger partial charge in [0.05, 0.1) is 0 Å². The lowest BCUT2D eigenvalue weighted by Crippen LogP contribution is -2.39. The van der Waals surface area contributed by atoms with Gasteiger partial charge in [0.1, 0.15) is 11.6 Å². The summed E-state index contributed by atoms with van der Waals surface area (Å²) in [7, 11) is 1.72. The molecule has 18 heavy (non-hydrogen) atoms. The largest absolute Gasteiger partial charge is 0.339 e. The van der Waals surface area contributed by atoms with Crippen LogP contribution in [0.15, 0.2) is 24.3 Å². The number of carbonyl (C=O) groups excluding carboxylic acids is 2. The van der Waals surface area contributed by atoms with Gasteiger partial charge in [0.15, 0.2) is 0 Å². The predicted molar refractivity (Wildman–Crippen MR) is 65.8 cm³/mol. The van der Waals surface area contributed by atoms with Gasteiger partial charge < -0.3 is 4.90 Å². The number of nitrogens with zero attached hydrogens (tertiary/aromatic N) is 1. The Bertz CT molecular complexity index is 463. The molecule has 4 heteroatoms. The summed E-state index contributed by atoms with van der Waals surface area (Å²) >= 11 is 0. The third kappa shape index (κ3) is 2.75. The highest BCUT2D eigenvalue weighted by Gasteiger charge is 2.25. The van der Waals surface area contributed by atoms with Crippen LogP contribution in [0.2, 0.25) is 0 Å². The fraction of sp³-hybridized carbons (Fsp3) is 0.429. The molecule has 0 N–H and O–H groups in total. The van der Waals surface area contributed by atoms with Gasteiger partial charge in [-0.1, -0.05) is 6.07 Å².